The second-order valence-corrected chi connectivity index (χ2v) is 11.0. The van der Waals surface area contributed by atoms with Crippen LogP contribution in [0.15, 0.2) is 52.5 Å². The van der Waals surface area contributed by atoms with Crippen molar-refractivity contribution in [3.8, 4) is 0 Å². The zero-order valence-corrected chi connectivity index (χ0v) is 18.8. The van der Waals surface area contributed by atoms with Gasteiger partial charge in [-0.15, -0.1) is 0 Å². The third kappa shape index (κ3) is 3.95. The predicted molar refractivity (Wildman–Crippen MR) is 123 cm³/mol. The summed E-state index contributed by atoms with van der Waals surface area (Å²) in [5.41, 5.74) is 4.10. The average Bonchev–Trinajstić information content (AvgIpc) is 2.74. The average molecular weight is 475 g/mol. The summed E-state index contributed by atoms with van der Waals surface area (Å²) in [6, 6.07) is 10.1. The minimum absolute atomic E-state index is 0.191. The van der Waals surface area contributed by atoms with Crippen molar-refractivity contribution in [2.75, 3.05) is 10.1 Å². The molecule has 4 bridgehead atoms. The lowest BCUT2D eigenvalue weighted by molar-refractivity contribution is -0.385. The van der Waals surface area contributed by atoms with Crippen LogP contribution in [0.25, 0.3) is 0 Å². The molecule has 4 aliphatic rings. The molecule has 4 aliphatic carbocycles. The van der Waals surface area contributed by atoms with Gasteiger partial charge in [0.05, 0.1) is 21.3 Å². The molecule has 10 heteroatoms. The highest BCUT2D eigenvalue weighted by atomic mass is 35.5. The van der Waals surface area contributed by atoms with Gasteiger partial charge in [0, 0.05) is 17.8 Å². The summed E-state index contributed by atoms with van der Waals surface area (Å²) in [6.45, 7) is 0. The molecule has 0 radical (unpaired) electrons. The molecular formula is C22H23ClN4O4S. The van der Waals surface area contributed by atoms with Crippen LogP contribution < -0.4 is 10.1 Å². The second-order valence-electron chi connectivity index (χ2n) is 8.98. The topological polar surface area (TPSA) is 114 Å². The molecule has 0 unspecified atom stereocenters. The van der Waals surface area contributed by atoms with E-state index in [1.807, 2.05) is 0 Å². The number of nitrogens with one attached hydrogen (secondary N) is 2. The minimum Gasteiger partial charge on any atom is -0.278 e. The lowest BCUT2D eigenvalue weighted by Gasteiger charge is -2.50. The summed E-state index contributed by atoms with van der Waals surface area (Å²) in [7, 11) is -4.17. The van der Waals surface area contributed by atoms with Gasteiger partial charge in [-0.05, 0) is 74.0 Å². The van der Waals surface area contributed by atoms with Crippen LogP contribution in [0.3, 0.4) is 0 Å². The molecule has 0 atom stereocenters. The molecule has 32 heavy (non-hydrogen) atoms. The maximum Gasteiger partial charge on any atom is 0.270 e. The summed E-state index contributed by atoms with van der Waals surface area (Å²) >= 11 is 6.10. The number of halogens is 1. The highest BCUT2D eigenvalue weighted by Gasteiger charge is 2.46. The standard InChI is InChI=1S/C22H23ClN4O4S/c23-18-3-1-2-4-19(18)26-32(30,31)21-12-17(27(28)29)5-6-20(21)24-25-22-15-8-13-7-14(10-15)11-16(22)9-13/h1-6,12-16,24,26H,7-11H2. The Morgan fingerprint density at radius 2 is 1.62 bits per heavy atom. The van der Waals surface area contributed by atoms with Gasteiger partial charge in [0.2, 0.25) is 0 Å². The molecule has 4 fully saturated rings. The number of nitro groups is 1. The second kappa shape index (κ2) is 8.04. The Morgan fingerprint density at radius 1 is 0.969 bits per heavy atom. The number of nitro benzene ring substituents is 1. The van der Waals surface area contributed by atoms with E-state index in [4.69, 9.17) is 11.6 Å². The molecule has 0 heterocycles. The third-order valence-electron chi connectivity index (χ3n) is 6.86. The number of anilines is 2. The zero-order valence-electron chi connectivity index (χ0n) is 17.2. The lowest BCUT2D eigenvalue weighted by Crippen LogP contribution is -2.45. The van der Waals surface area contributed by atoms with Crippen LogP contribution in [0.1, 0.15) is 32.1 Å². The molecule has 4 saturated carbocycles. The molecule has 6 rings (SSSR count). The molecule has 2 aromatic carbocycles. The number of benzene rings is 2. The largest absolute Gasteiger partial charge is 0.278 e. The highest BCUT2D eigenvalue weighted by molar-refractivity contribution is 7.93. The lowest BCUT2D eigenvalue weighted by atomic mass is 9.55. The van der Waals surface area contributed by atoms with E-state index in [1.165, 1.54) is 24.6 Å². The van der Waals surface area contributed by atoms with E-state index in [2.05, 4.69) is 15.2 Å². The van der Waals surface area contributed by atoms with Gasteiger partial charge in [-0.3, -0.25) is 20.3 Å². The number of rotatable bonds is 6. The molecule has 2 aromatic rings. The molecule has 0 spiro atoms. The molecule has 168 valence electrons. The number of non-ortho nitro benzene ring substituents is 1. The van der Waals surface area contributed by atoms with E-state index in [-0.39, 0.29) is 27.0 Å². The van der Waals surface area contributed by atoms with Gasteiger partial charge in [0.1, 0.15) is 4.90 Å². The molecule has 2 N–H and O–H groups in total. The molecule has 8 nitrogen and oxygen atoms in total. The first-order valence-corrected chi connectivity index (χ1v) is 12.6. The van der Waals surface area contributed by atoms with Crippen molar-refractivity contribution in [1.82, 2.24) is 0 Å². The maximum atomic E-state index is 13.2. The first kappa shape index (κ1) is 21.2. The van der Waals surface area contributed by atoms with Crippen LogP contribution in [0.2, 0.25) is 5.02 Å². The van der Waals surface area contributed by atoms with Gasteiger partial charge in [0.25, 0.3) is 15.7 Å². The number of hydrogen-bond acceptors (Lipinski definition) is 6. The quantitative estimate of drug-likeness (QED) is 0.437. The van der Waals surface area contributed by atoms with Crippen LogP contribution in [0.5, 0.6) is 0 Å². The Bertz CT molecular complexity index is 1180. The Hall–Kier alpha value is -2.65. The summed E-state index contributed by atoms with van der Waals surface area (Å²) in [5, 5.41) is 16.2. The number of nitrogens with zero attached hydrogens (tertiary/aromatic N) is 2. The van der Waals surface area contributed by atoms with Crippen LogP contribution in [0, 0.1) is 33.8 Å². The van der Waals surface area contributed by atoms with Crippen LogP contribution in [0.4, 0.5) is 17.1 Å². The van der Waals surface area contributed by atoms with Crippen LogP contribution >= 0.6 is 11.6 Å². The number of sulfonamides is 1. The fourth-order valence-corrected chi connectivity index (χ4v) is 7.15. The predicted octanol–water partition coefficient (Wildman–Crippen LogP) is 5.27. The van der Waals surface area contributed by atoms with Gasteiger partial charge >= 0.3 is 0 Å². The molecular weight excluding hydrogens is 452 g/mol. The SMILES string of the molecule is O=[N+]([O-])c1ccc(NN=C2C3CC4CC(C3)CC2C4)c(S(=O)(=O)Nc2ccccc2Cl)c1. The van der Waals surface area contributed by atoms with E-state index in [1.54, 1.807) is 18.2 Å². The molecule has 0 amide bonds. The first-order valence-electron chi connectivity index (χ1n) is 10.7. The summed E-state index contributed by atoms with van der Waals surface area (Å²) < 4.78 is 28.8. The van der Waals surface area contributed by atoms with Crippen molar-refractivity contribution in [3.05, 3.63) is 57.6 Å². The van der Waals surface area contributed by atoms with Gasteiger partial charge < -0.3 is 0 Å². The summed E-state index contributed by atoms with van der Waals surface area (Å²) in [4.78, 5) is 10.4. The van der Waals surface area contributed by atoms with Gasteiger partial charge in [-0.2, -0.15) is 5.10 Å². The Labute approximate surface area is 191 Å². The zero-order chi connectivity index (χ0) is 22.5. The number of hydrazone groups is 1. The van der Waals surface area contributed by atoms with Gasteiger partial charge in [0.15, 0.2) is 0 Å². The normalized spacial score (nSPS) is 26.1. The van der Waals surface area contributed by atoms with Crippen molar-refractivity contribution in [3.63, 3.8) is 0 Å². The van der Waals surface area contributed by atoms with E-state index in [0.717, 1.165) is 49.3 Å². The van der Waals surface area contributed by atoms with Gasteiger partial charge in [-0.25, -0.2) is 8.42 Å². The molecule has 0 saturated heterocycles. The van der Waals surface area contributed by atoms with Crippen molar-refractivity contribution < 1.29 is 13.3 Å². The van der Waals surface area contributed by atoms with E-state index in [9.17, 15) is 18.5 Å². The highest BCUT2D eigenvalue weighted by Crippen LogP contribution is 2.52. The fraction of sp³-hybridized carbons (Fsp3) is 0.409. The summed E-state index contributed by atoms with van der Waals surface area (Å²) in [6.07, 6.45) is 5.91. The minimum atomic E-state index is -4.17. The molecule has 0 aromatic heterocycles. The van der Waals surface area contributed by atoms with E-state index >= 15 is 0 Å². The number of hydrogen-bond donors (Lipinski definition) is 2. The van der Waals surface area contributed by atoms with Crippen LogP contribution in [-0.4, -0.2) is 19.1 Å². The number of para-hydroxylation sites is 1. The maximum absolute atomic E-state index is 13.2. The Morgan fingerprint density at radius 3 is 2.25 bits per heavy atom. The van der Waals surface area contributed by atoms with Crippen molar-refractivity contribution in [1.29, 1.82) is 0 Å². The Kier molecular flexibility index (Phi) is 5.33. The Balaban J connectivity index is 1.48. The van der Waals surface area contributed by atoms with E-state index in [0.29, 0.717) is 11.8 Å². The summed E-state index contributed by atoms with van der Waals surface area (Å²) in [5.74, 6) is 2.45. The third-order valence-corrected chi connectivity index (χ3v) is 8.60. The van der Waals surface area contributed by atoms with Crippen molar-refractivity contribution in [2.45, 2.75) is 37.0 Å². The fourth-order valence-electron chi connectivity index (χ4n) is 5.66. The van der Waals surface area contributed by atoms with E-state index < -0.39 is 14.9 Å². The first-order chi connectivity index (χ1) is 15.3. The van der Waals surface area contributed by atoms with Crippen molar-refractivity contribution >= 4 is 44.4 Å². The van der Waals surface area contributed by atoms with Gasteiger partial charge in [-0.1, -0.05) is 23.7 Å². The van der Waals surface area contributed by atoms with Crippen LogP contribution in [-0.2, 0) is 10.0 Å². The smallest absolute Gasteiger partial charge is 0.270 e. The molecule has 0 aliphatic heterocycles. The monoisotopic (exact) mass is 474 g/mol. The van der Waals surface area contributed by atoms with Crippen molar-refractivity contribution in [2.24, 2.45) is 28.8 Å².